The van der Waals surface area contributed by atoms with E-state index < -0.39 is 0 Å². The maximum absolute atomic E-state index is 5.52. The van der Waals surface area contributed by atoms with Gasteiger partial charge in [0, 0.05) is 12.6 Å². The number of aromatic nitrogens is 2. The van der Waals surface area contributed by atoms with Crippen molar-refractivity contribution in [1.82, 2.24) is 10.2 Å². The molecule has 1 heterocycles. The first-order valence-corrected chi connectivity index (χ1v) is 6.40. The lowest BCUT2D eigenvalue weighted by molar-refractivity contribution is 0.338. The number of rotatable bonds is 5. The van der Waals surface area contributed by atoms with Gasteiger partial charge in [-0.25, -0.2) is 0 Å². The van der Waals surface area contributed by atoms with E-state index in [9.17, 15) is 0 Å². The normalized spacial score (nSPS) is 12.2. The molecule has 1 aromatic carbocycles. The van der Waals surface area contributed by atoms with Crippen LogP contribution in [0.4, 0.5) is 5.69 Å². The number of hydrogen-bond donors (Lipinski definition) is 1. The summed E-state index contributed by atoms with van der Waals surface area (Å²) in [5, 5.41) is 11.2. The minimum atomic E-state index is -0.0291. The number of aryl methyl sites for hydroxylation is 2. The van der Waals surface area contributed by atoms with Crippen LogP contribution in [0.2, 0.25) is 0 Å². The molecule has 1 atom stereocenters. The predicted molar refractivity (Wildman–Crippen MR) is 73.4 cm³/mol. The van der Waals surface area contributed by atoms with E-state index in [-0.39, 0.29) is 6.04 Å². The van der Waals surface area contributed by atoms with E-state index in [1.165, 1.54) is 0 Å². The second-order valence-electron chi connectivity index (χ2n) is 4.44. The monoisotopic (exact) mass is 261 g/mol. The highest BCUT2D eigenvalue weighted by Crippen LogP contribution is 2.24. The van der Waals surface area contributed by atoms with Crippen LogP contribution < -0.4 is 10.1 Å². The van der Waals surface area contributed by atoms with Crippen LogP contribution in [0, 0.1) is 13.8 Å². The fraction of sp³-hybridized carbons (Fsp3) is 0.429. The summed E-state index contributed by atoms with van der Waals surface area (Å²) in [6.07, 6.45) is 0. The first kappa shape index (κ1) is 13.4. The smallest absolute Gasteiger partial charge is 0.238 e. The molecular weight excluding hydrogens is 242 g/mol. The molecule has 0 fully saturated rings. The molecule has 0 spiro atoms. The molecule has 0 radical (unpaired) electrons. The second kappa shape index (κ2) is 5.73. The summed E-state index contributed by atoms with van der Waals surface area (Å²) in [6.45, 7) is 8.44. The third-order valence-corrected chi connectivity index (χ3v) is 2.77. The molecule has 2 rings (SSSR count). The summed E-state index contributed by atoms with van der Waals surface area (Å²) < 4.78 is 10.9. The van der Waals surface area contributed by atoms with Crippen molar-refractivity contribution < 1.29 is 9.15 Å². The zero-order chi connectivity index (χ0) is 13.8. The molecule has 0 aliphatic rings. The lowest BCUT2D eigenvalue weighted by Gasteiger charge is -2.14. The van der Waals surface area contributed by atoms with Crippen molar-refractivity contribution >= 4 is 5.69 Å². The Morgan fingerprint density at radius 1 is 1.32 bits per heavy atom. The Morgan fingerprint density at radius 3 is 2.68 bits per heavy atom. The van der Waals surface area contributed by atoms with Gasteiger partial charge in [0.15, 0.2) is 0 Å². The molecule has 0 saturated carbocycles. The predicted octanol–water partition coefficient (Wildman–Crippen LogP) is 3.26. The molecule has 0 bridgehead atoms. The summed E-state index contributed by atoms with van der Waals surface area (Å²) in [5.74, 6) is 2.07. The number of benzene rings is 1. The molecule has 1 N–H and O–H groups in total. The quantitative estimate of drug-likeness (QED) is 0.895. The number of anilines is 1. The highest BCUT2D eigenvalue weighted by molar-refractivity contribution is 5.51. The van der Waals surface area contributed by atoms with Crippen LogP contribution in [-0.4, -0.2) is 16.8 Å². The van der Waals surface area contributed by atoms with Crippen LogP contribution in [0.15, 0.2) is 22.6 Å². The Hall–Kier alpha value is -2.04. The number of ether oxygens (including phenoxy) is 1. The molecule has 2 aromatic rings. The van der Waals surface area contributed by atoms with E-state index in [0.717, 1.165) is 17.0 Å². The van der Waals surface area contributed by atoms with Gasteiger partial charge in [-0.15, -0.1) is 10.2 Å². The highest BCUT2D eigenvalue weighted by atomic mass is 16.5. The van der Waals surface area contributed by atoms with Gasteiger partial charge in [0.25, 0.3) is 0 Å². The lowest BCUT2D eigenvalue weighted by Crippen LogP contribution is -2.07. The number of hydrogen-bond acceptors (Lipinski definition) is 5. The Kier molecular flexibility index (Phi) is 4.04. The average molecular weight is 261 g/mol. The van der Waals surface area contributed by atoms with Gasteiger partial charge >= 0.3 is 0 Å². The van der Waals surface area contributed by atoms with Gasteiger partial charge in [-0.05, 0) is 44.5 Å². The topological polar surface area (TPSA) is 60.2 Å². The Labute approximate surface area is 113 Å². The van der Waals surface area contributed by atoms with E-state index in [0.29, 0.717) is 18.4 Å². The third-order valence-electron chi connectivity index (χ3n) is 2.77. The molecule has 102 valence electrons. The number of nitrogens with one attached hydrogen (secondary N) is 1. The Bertz CT molecular complexity index is 551. The molecule has 0 amide bonds. The van der Waals surface area contributed by atoms with Crippen molar-refractivity contribution in [2.45, 2.75) is 33.7 Å². The summed E-state index contributed by atoms with van der Waals surface area (Å²) in [7, 11) is 0. The fourth-order valence-corrected chi connectivity index (χ4v) is 1.86. The van der Waals surface area contributed by atoms with Gasteiger partial charge in [0.05, 0.1) is 6.61 Å². The zero-order valence-electron chi connectivity index (χ0n) is 11.7. The van der Waals surface area contributed by atoms with Crippen LogP contribution in [-0.2, 0) is 0 Å². The highest BCUT2D eigenvalue weighted by Gasteiger charge is 2.12. The van der Waals surface area contributed by atoms with E-state index >= 15 is 0 Å². The van der Waals surface area contributed by atoms with Crippen LogP contribution in [0.3, 0.4) is 0 Å². The molecule has 0 aliphatic carbocycles. The van der Waals surface area contributed by atoms with Gasteiger partial charge < -0.3 is 14.5 Å². The Balaban J connectivity index is 2.09. The molecule has 0 saturated heterocycles. The average Bonchev–Trinajstić information content (AvgIpc) is 2.80. The second-order valence-corrected chi connectivity index (χ2v) is 4.44. The summed E-state index contributed by atoms with van der Waals surface area (Å²) in [5.41, 5.74) is 2.10. The zero-order valence-corrected chi connectivity index (χ0v) is 11.7. The van der Waals surface area contributed by atoms with Gasteiger partial charge in [-0.2, -0.15) is 0 Å². The first-order chi connectivity index (χ1) is 9.10. The Morgan fingerprint density at radius 2 is 2.11 bits per heavy atom. The minimum Gasteiger partial charge on any atom is -0.494 e. The van der Waals surface area contributed by atoms with Crippen molar-refractivity contribution in [3.05, 3.63) is 35.5 Å². The molecule has 1 unspecified atom stereocenters. The van der Waals surface area contributed by atoms with Crippen molar-refractivity contribution in [1.29, 1.82) is 0 Å². The van der Waals surface area contributed by atoms with Crippen LogP contribution in [0.5, 0.6) is 5.75 Å². The summed E-state index contributed by atoms with van der Waals surface area (Å²) >= 11 is 0. The maximum Gasteiger partial charge on any atom is 0.238 e. The largest absolute Gasteiger partial charge is 0.494 e. The molecular formula is C14H19N3O2. The number of nitrogens with zero attached hydrogens (tertiary/aromatic N) is 2. The van der Waals surface area contributed by atoms with Crippen molar-refractivity contribution in [2.75, 3.05) is 11.9 Å². The summed E-state index contributed by atoms with van der Waals surface area (Å²) in [6, 6.07) is 5.97. The molecule has 0 aliphatic heterocycles. The molecule has 5 heteroatoms. The van der Waals surface area contributed by atoms with Crippen LogP contribution >= 0.6 is 0 Å². The van der Waals surface area contributed by atoms with E-state index in [1.807, 2.05) is 39.0 Å². The van der Waals surface area contributed by atoms with Crippen LogP contribution in [0.1, 0.15) is 37.2 Å². The van der Waals surface area contributed by atoms with Gasteiger partial charge in [0.2, 0.25) is 11.8 Å². The minimum absolute atomic E-state index is 0.0291. The van der Waals surface area contributed by atoms with E-state index in [2.05, 4.69) is 15.5 Å². The lowest BCUT2D eigenvalue weighted by atomic mass is 10.2. The van der Waals surface area contributed by atoms with Crippen molar-refractivity contribution in [2.24, 2.45) is 0 Å². The third kappa shape index (κ3) is 3.24. The van der Waals surface area contributed by atoms with Crippen LogP contribution in [0.25, 0.3) is 0 Å². The fourth-order valence-electron chi connectivity index (χ4n) is 1.86. The van der Waals surface area contributed by atoms with Gasteiger partial charge in [0.1, 0.15) is 11.8 Å². The standard InChI is InChI=1S/C14H19N3O2/c1-5-18-13-7-6-12(8-9(13)2)15-10(3)14-17-16-11(4)19-14/h6-8,10,15H,5H2,1-4H3. The van der Waals surface area contributed by atoms with E-state index in [4.69, 9.17) is 9.15 Å². The summed E-state index contributed by atoms with van der Waals surface area (Å²) in [4.78, 5) is 0. The first-order valence-electron chi connectivity index (χ1n) is 6.40. The molecule has 5 nitrogen and oxygen atoms in total. The molecule has 19 heavy (non-hydrogen) atoms. The van der Waals surface area contributed by atoms with Crippen molar-refractivity contribution in [3.8, 4) is 5.75 Å². The van der Waals surface area contributed by atoms with Crippen molar-refractivity contribution in [3.63, 3.8) is 0 Å². The maximum atomic E-state index is 5.52. The van der Waals surface area contributed by atoms with Gasteiger partial charge in [-0.3, -0.25) is 0 Å². The SMILES string of the molecule is CCOc1ccc(NC(C)c2nnc(C)o2)cc1C. The molecule has 1 aromatic heterocycles. The van der Waals surface area contributed by atoms with E-state index in [1.54, 1.807) is 6.92 Å². The van der Waals surface area contributed by atoms with Gasteiger partial charge in [-0.1, -0.05) is 0 Å².